The van der Waals surface area contributed by atoms with Gasteiger partial charge >= 0.3 is 0 Å². The average Bonchev–Trinajstić information content (AvgIpc) is 3.34. The van der Waals surface area contributed by atoms with E-state index in [1.165, 1.54) is 24.2 Å². The topological polar surface area (TPSA) is 51.1 Å². The van der Waals surface area contributed by atoms with Gasteiger partial charge in [-0.1, -0.05) is 31.4 Å². The van der Waals surface area contributed by atoms with Crippen molar-refractivity contribution in [3.63, 3.8) is 0 Å². The summed E-state index contributed by atoms with van der Waals surface area (Å²) in [5.74, 6) is 0.938. The van der Waals surface area contributed by atoms with Gasteiger partial charge in [-0.25, -0.2) is 9.38 Å². The van der Waals surface area contributed by atoms with Crippen molar-refractivity contribution >= 4 is 34.6 Å². The molecule has 2 aromatic rings. The molecule has 160 valence electrons. The van der Waals surface area contributed by atoms with Crippen molar-refractivity contribution in [3.05, 3.63) is 58.2 Å². The van der Waals surface area contributed by atoms with Crippen molar-refractivity contribution in [1.29, 1.82) is 0 Å². The van der Waals surface area contributed by atoms with Crippen LogP contribution in [0, 0.1) is 12.7 Å². The molecule has 1 aliphatic carbocycles. The second-order valence-electron chi connectivity index (χ2n) is 7.99. The molecule has 0 spiro atoms. The highest BCUT2D eigenvalue weighted by Crippen LogP contribution is 2.41. The van der Waals surface area contributed by atoms with Gasteiger partial charge in [-0.3, -0.25) is 9.69 Å². The molecule has 0 unspecified atom stereocenters. The highest BCUT2D eigenvalue weighted by Gasteiger charge is 2.39. The number of thioether (sulfide) groups is 1. The SMILES string of the molecule is Cc1cc2c(cc1/C=C1\SC(=Nc3ccccc3F)N(C3CCCCC3)C1=O)OCO2. The van der Waals surface area contributed by atoms with E-state index in [1.807, 2.05) is 25.1 Å². The van der Waals surface area contributed by atoms with Crippen LogP contribution in [0.25, 0.3) is 6.08 Å². The zero-order valence-electron chi connectivity index (χ0n) is 17.3. The van der Waals surface area contributed by atoms with E-state index in [4.69, 9.17) is 9.47 Å². The van der Waals surface area contributed by atoms with Gasteiger partial charge in [-0.2, -0.15) is 0 Å². The van der Waals surface area contributed by atoms with Gasteiger partial charge in [0.1, 0.15) is 11.5 Å². The lowest BCUT2D eigenvalue weighted by Crippen LogP contribution is -2.40. The summed E-state index contributed by atoms with van der Waals surface area (Å²) in [6.45, 7) is 2.18. The molecule has 5 rings (SSSR count). The number of fused-ring (bicyclic) bond motifs is 1. The molecule has 1 saturated heterocycles. The van der Waals surface area contributed by atoms with Gasteiger partial charge in [0, 0.05) is 6.04 Å². The molecule has 31 heavy (non-hydrogen) atoms. The van der Waals surface area contributed by atoms with E-state index in [1.54, 1.807) is 23.1 Å². The highest BCUT2D eigenvalue weighted by molar-refractivity contribution is 8.18. The molecular weight excluding hydrogens is 415 g/mol. The number of rotatable bonds is 3. The largest absolute Gasteiger partial charge is 0.454 e. The number of amides is 1. The Morgan fingerprint density at radius 2 is 1.87 bits per heavy atom. The maximum atomic E-state index is 14.3. The lowest BCUT2D eigenvalue weighted by Gasteiger charge is -2.30. The van der Waals surface area contributed by atoms with Gasteiger partial charge in [0.15, 0.2) is 16.7 Å². The predicted molar refractivity (Wildman–Crippen MR) is 120 cm³/mol. The van der Waals surface area contributed by atoms with Crippen molar-refractivity contribution in [2.75, 3.05) is 6.79 Å². The minimum atomic E-state index is -0.393. The van der Waals surface area contributed by atoms with Crippen LogP contribution in [0.4, 0.5) is 10.1 Å². The second kappa shape index (κ2) is 8.38. The molecule has 0 N–H and O–H groups in total. The van der Waals surface area contributed by atoms with Crippen LogP contribution in [0.5, 0.6) is 11.5 Å². The molecular formula is C24H23FN2O3S. The van der Waals surface area contributed by atoms with Crippen LogP contribution in [0.3, 0.4) is 0 Å². The molecule has 2 aromatic carbocycles. The van der Waals surface area contributed by atoms with Gasteiger partial charge in [0.25, 0.3) is 5.91 Å². The van der Waals surface area contributed by atoms with Gasteiger partial charge in [-0.05, 0) is 73.0 Å². The quantitative estimate of drug-likeness (QED) is 0.569. The number of halogens is 1. The molecule has 2 aliphatic heterocycles. The van der Waals surface area contributed by atoms with Gasteiger partial charge in [0.05, 0.1) is 4.91 Å². The Bertz CT molecular complexity index is 1090. The molecule has 1 saturated carbocycles. The van der Waals surface area contributed by atoms with Crippen molar-refractivity contribution < 1.29 is 18.7 Å². The molecule has 0 bridgehead atoms. The summed E-state index contributed by atoms with van der Waals surface area (Å²) in [5.41, 5.74) is 2.14. The lowest BCUT2D eigenvalue weighted by atomic mass is 9.94. The molecule has 0 radical (unpaired) electrons. The fourth-order valence-corrected chi connectivity index (χ4v) is 5.27. The van der Waals surface area contributed by atoms with E-state index in [0.717, 1.165) is 42.6 Å². The molecule has 7 heteroatoms. The number of nitrogens with zero attached hydrogens (tertiary/aromatic N) is 2. The lowest BCUT2D eigenvalue weighted by molar-refractivity contribution is -0.124. The number of aryl methyl sites for hydroxylation is 1. The van der Waals surface area contributed by atoms with Crippen LogP contribution >= 0.6 is 11.8 Å². The maximum absolute atomic E-state index is 14.3. The zero-order valence-corrected chi connectivity index (χ0v) is 18.1. The predicted octanol–water partition coefficient (Wildman–Crippen LogP) is 5.80. The van der Waals surface area contributed by atoms with Crippen LogP contribution in [-0.4, -0.2) is 28.8 Å². The Hall–Kier alpha value is -2.80. The number of para-hydroxylation sites is 1. The summed E-state index contributed by atoms with van der Waals surface area (Å²) in [6.07, 6.45) is 7.13. The first-order valence-corrected chi connectivity index (χ1v) is 11.4. The van der Waals surface area contributed by atoms with Crippen molar-refractivity contribution in [2.45, 2.75) is 45.1 Å². The minimum Gasteiger partial charge on any atom is -0.454 e. The molecule has 1 amide bonds. The standard InChI is InChI=1S/C24H23FN2O3S/c1-15-11-20-21(30-14-29-20)12-16(15)13-22-23(28)27(17-7-3-2-4-8-17)24(31-22)26-19-10-6-5-9-18(19)25/h5-6,9-13,17H,2-4,7-8,14H2,1H3/b22-13-,26-24?. The van der Waals surface area contributed by atoms with Gasteiger partial charge < -0.3 is 9.47 Å². The van der Waals surface area contributed by atoms with E-state index in [-0.39, 0.29) is 24.4 Å². The maximum Gasteiger partial charge on any atom is 0.267 e. The summed E-state index contributed by atoms with van der Waals surface area (Å²) in [5, 5.41) is 0.548. The first kappa shape index (κ1) is 20.1. The number of benzene rings is 2. The second-order valence-corrected chi connectivity index (χ2v) is 8.99. The van der Waals surface area contributed by atoms with E-state index in [0.29, 0.717) is 15.8 Å². The molecule has 5 nitrogen and oxygen atoms in total. The average molecular weight is 439 g/mol. The van der Waals surface area contributed by atoms with E-state index >= 15 is 0 Å². The van der Waals surface area contributed by atoms with Gasteiger partial charge in [-0.15, -0.1) is 0 Å². The number of carbonyl (C=O) groups excluding carboxylic acids is 1. The number of ether oxygens (including phenoxy) is 2. The monoisotopic (exact) mass is 438 g/mol. The van der Waals surface area contributed by atoms with E-state index < -0.39 is 5.82 Å². The Balaban J connectivity index is 1.53. The third kappa shape index (κ3) is 3.94. The first-order chi connectivity index (χ1) is 15.1. The molecule has 3 aliphatic rings. The van der Waals surface area contributed by atoms with Gasteiger partial charge in [0.2, 0.25) is 6.79 Å². The number of amidine groups is 1. The summed E-state index contributed by atoms with van der Waals surface area (Å²) >= 11 is 1.31. The number of hydrogen-bond acceptors (Lipinski definition) is 5. The molecule has 2 heterocycles. The van der Waals surface area contributed by atoms with Crippen LogP contribution in [0.1, 0.15) is 43.2 Å². The fraction of sp³-hybridized carbons (Fsp3) is 0.333. The third-order valence-corrected chi connectivity index (χ3v) is 6.88. The number of carbonyl (C=O) groups is 1. The first-order valence-electron chi connectivity index (χ1n) is 10.6. The Labute approximate surface area is 184 Å². The van der Waals surface area contributed by atoms with Crippen LogP contribution in [-0.2, 0) is 4.79 Å². The number of aliphatic imine (C=N–C) groups is 1. The molecule has 0 atom stereocenters. The van der Waals surface area contributed by atoms with Crippen LogP contribution in [0.2, 0.25) is 0 Å². The summed E-state index contributed by atoms with van der Waals surface area (Å²) < 4.78 is 25.2. The van der Waals surface area contributed by atoms with E-state index in [2.05, 4.69) is 4.99 Å². The van der Waals surface area contributed by atoms with Crippen LogP contribution < -0.4 is 9.47 Å². The Kier molecular flexibility index (Phi) is 5.44. The Morgan fingerprint density at radius 1 is 1.13 bits per heavy atom. The normalized spacial score (nSPS) is 21.5. The number of hydrogen-bond donors (Lipinski definition) is 0. The van der Waals surface area contributed by atoms with Crippen LogP contribution in [0.15, 0.2) is 46.3 Å². The van der Waals surface area contributed by atoms with Crippen molar-refractivity contribution in [1.82, 2.24) is 4.90 Å². The third-order valence-electron chi connectivity index (χ3n) is 5.89. The minimum absolute atomic E-state index is 0.0657. The van der Waals surface area contributed by atoms with Crippen molar-refractivity contribution in [3.8, 4) is 11.5 Å². The molecule has 0 aromatic heterocycles. The smallest absolute Gasteiger partial charge is 0.267 e. The van der Waals surface area contributed by atoms with Crippen molar-refractivity contribution in [2.24, 2.45) is 4.99 Å². The molecule has 2 fully saturated rings. The van der Waals surface area contributed by atoms with E-state index in [9.17, 15) is 9.18 Å². The Morgan fingerprint density at radius 3 is 2.65 bits per heavy atom. The fourth-order valence-electron chi connectivity index (χ4n) is 4.23. The summed E-state index contributed by atoms with van der Waals surface area (Å²) in [6, 6.07) is 10.3. The summed E-state index contributed by atoms with van der Waals surface area (Å²) in [4.78, 5) is 20.4. The highest BCUT2D eigenvalue weighted by atomic mass is 32.2. The summed E-state index contributed by atoms with van der Waals surface area (Å²) in [7, 11) is 0. The zero-order chi connectivity index (χ0) is 21.4.